The topological polar surface area (TPSA) is 64.7 Å². The van der Waals surface area contributed by atoms with E-state index < -0.39 is 0 Å². The van der Waals surface area contributed by atoms with Crippen molar-refractivity contribution in [3.05, 3.63) is 62.5 Å². The van der Waals surface area contributed by atoms with E-state index in [0.29, 0.717) is 34.0 Å². The van der Waals surface area contributed by atoms with Crippen molar-refractivity contribution in [3.63, 3.8) is 0 Å². The van der Waals surface area contributed by atoms with Crippen molar-refractivity contribution in [1.82, 2.24) is 19.6 Å². The molecule has 0 aliphatic rings. The van der Waals surface area contributed by atoms with Gasteiger partial charge in [0.05, 0.1) is 29.5 Å². The number of aromatic nitrogens is 4. The average molecular weight is 427 g/mol. The first-order valence-corrected chi connectivity index (χ1v) is 9.44. The Balaban J connectivity index is 1.58. The zero-order valence-corrected chi connectivity index (χ0v) is 17.1. The van der Waals surface area contributed by atoms with Crippen molar-refractivity contribution in [1.29, 1.82) is 0 Å². The number of carbonyl (C=O) groups excluding carboxylic acids is 1. The van der Waals surface area contributed by atoms with Crippen LogP contribution in [0.3, 0.4) is 0 Å². The highest BCUT2D eigenvalue weighted by Crippen LogP contribution is 2.25. The molecular weight excluding hydrogens is 409 g/mol. The predicted molar refractivity (Wildman–Crippen MR) is 108 cm³/mol. The molecule has 0 fully saturated rings. The van der Waals surface area contributed by atoms with E-state index in [1.165, 1.54) is 0 Å². The predicted octanol–water partition coefficient (Wildman–Crippen LogP) is 4.73. The summed E-state index contributed by atoms with van der Waals surface area (Å²) in [5.74, 6) is 0.314. The molecule has 9 heteroatoms. The van der Waals surface area contributed by atoms with E-state index >= 15 is 0 Å². The third-order valence-electron chi connectivity index (χ3n) is 4.13. The SMILES string of the molecule is Cc1nn(CCC(=O)Nc2ccn(Cc3c(Cl)cccc3Cl)n2)c(C)c1Cl. The minimum absolute atomic E-state index is 0.153. The molecule has 0 bridgehead atoms. The summed E-state index contributed by atoms with van der Waals surface area (Å²) in [5.41, 5.74) is 2.39. The molecule has 0 saturated carbocycles. The van der Waals surface area contributed by atoms with Gasteiger partial charge in [-0.15, -0.1) is 0 Å². The van der Waals surface area contributed by atoms with Gasteiger partial charge in [-0.05, 0) is 26.0 Å². The standard InChI is InChI=1S/C18H18Cl3N5O/c1-11-18(21)12(2)26(23-11)9-7-17(27)22-16-6-8-25(24-16)10-13-14(19)4-3-5-15(13)20/h3-6,8H,7,9-10H2,1-2H3,(H,22,24,27). The lowest BCUT2D eigenvalue weighted by molar-refractivity contribution is -0.116. The van der Waals surface area contributed by atoms with Crippen LogP contribution in [-0.4, -0.2) is 25.5 Å². The summed E-state index contributed by atoms with van der Waals surface area (Å²) in [5, 5.41) is 13.2. The maximum absolute atomic E-state index is 12.2. The van der Waals surface area contributed by atoms with Crippen molar-refractivity contribution in [2.24, 2.45) is 0 Å². The molecule has 3 aromatic rings. The summed E-state index contributed by atoms with van der Waals surface area (Å²) < 4.78 is 3.40. The van der Waals surface area contributed by atoms with Gasteiger partial charge in [0.25, 0.3) is 0 Å². The molecule has 0 atom stereocenters. The van der Waals surface area contributed by atoms with E-state index in [-0.39, 0.29) is 12.3 Å². The van der Waals surface area contributed by atoms with Gasteiger partial charge in [0, 0.05) is 34.3 Å². The molecule has 0 radical (unpaired) electrons. The number of nitrogens with zero attached hydrogens (tertiary/aromatic N) is 4. The molecule has 0 aliphatic carbocycles. The second kappa shape index (κ2) is 8.33. The molecule has 2 heterocycles. The number of aryl methyl sites for hydroxylation is 2. The van der Waals surface area contributed by atoms with Crippen LogP contribution < -0.4 is 5.32 Å². The Morgan fingerprint density at radius 1 is 1.11 bits per heavy atom. The largest absolute Gasteiger partial charge is 0.309 e. The van der Waals surface area contributed by atoms with Crippen LogP contribution in [0.4, 0.5) is 5.82 Å². The fourth-order valence-electron chi connectivity index (χ4n) is 2.67. The normalized spacial score (nSPS) is 11.0. The monoisotopic (exact) mass is 425 g/mol. The molecule has 2 aromatic heterocycles. The van der Waals surface area contributed by atoms with E-state index in [1.54, 1.807) is 39.8 Å². The lowest BCUT2D eigenvalue weighted by Crippen LogP contribution is -2.16. The van der Waals surface area contributed by atoms with E-state index in [1.807, 2.05) is 13.8 Å². The van der Waals surface area contributed by atoms with Crippen LogP contribution in [-0.2, 0) is 17.9 Å². The highest BCUT2D eigenvalue weighted by molar-refractivity contribution is 6.36. The second-order valence-corrected chi connectivity index (χ2v) is 7.30. The first-order valence-electron chi connectivity index (χ1n) is 8.31. The molecule has 142 valence electrons. The number of hydrogen-bond acceptors (Lipinski definition) is 3. The Hall–Kier alpha value is -2.02. The van der Waals surface area contributed by atoms with Crippen molar-refractivity contribution >= 4 is 46.5 Å². The van der Waals surface area contributed by atoms with Gasteiger partial charge in [-0.3, -0.25) is 14.2 Å². The van der Waals surface area contributed by atoms with Gasteiger partial charge in [0.1, 0.15) is 0 Å². The van der Waals surface area contributed by atoms with E-state index in [2.05, 4.69) is 15.5 Å². The highest BCUT2D eigenvalue weighted by atomic mass is 35.5. The maximum Gasteiger partial charge on any atom is 0.227 e. The third kappa shape index (κ3) is 4.64. The number of nitrogens with one attached hydrogen (secondary N) is 1. The third-order valence-corrected chi connectivity index (χ3v) is 5.39. The van der Waals surface area contributed by atoms with Crippen LogP contribution in [0.25, 0.3) is 0 Å². The fourth-order valence-corrected chi connectivity index (χ4v) is 3.32. The van der Waals surface area contributed by atoms with Crippen LogP contribution in [0, 0.1) is 13.8 Å². The van der Waals surface area contributed by atoms with Gasteiger partial charge in [0.15, 0.2) is 5.82 Å². The van der Waals surface area contributed by atoms with Crippen molar-refractivity contribution in [3.8, 4) is 0 Å². The van der Waals surface area contributed by atoms with Crippen LogP contribution in [0.15, 0.2) is 30.5 Å². The Morgan fingerprint density at radius 2 is 1.81 bits per heavy atom. The molecule has 1 N–H and O–H groups in total. The molecular formula is C18H18Cl3N5O. The van der Waals surface area contributed by atoms with Crippen molar-refractivity contribution in [2.45, 2.75) is 33.4 Å². The number of carbonyl (C=O) groups is 1. The maximum atomic E-state index is 12.2. The van der Waals surface area contributed by atoms with E-state index in [9.17, 15) is 4.79 Å². The Morgan fingerprint density at radius 3 is 2.44 bits per heavy atom. The first kappa shape index (κ1) is 19.7. The molecule has 1 amide bonds. The Bertz CT molecular complexity index is 959. The van der Waals surface area contributed by atoms with Gasteiger partial charge in [-0.25, -0.2) is 0 Å². The van der Waals surface area contributed by atoms with E-state index in [0.717, 1.165) is 17.0 Å². The molecule has 27 heavy (non-hydrogen) atoms. The number of hydrogen-bond donors (Lipinski definition) is 1. The lowest BCUT2D eigenvalue weighted by Gasteiger charge is -2.07. The smallest absolute Gasteiger partial charge is 0.227 e. The van der Waals surface area contributed by atoms with Gasteiger partial charge >= 0.3 is 0 Å². The summed E-state index contributed by atoms with van der Waals surface area (Å²) in [6, 6.07) is 7.07. The van der Waals surface area contributed by atoms with Crippen LogP contribution in [0.1, 0.15) is 23.4 Å². The molecule has 0 unspecified atom stereocenters. The minimum Gasteiger partial charge on any atom is -0.309 e. The van der Waals surface area contributed by atoms with Gasteiger partial charge in [-0.1, -0.05) is 40.9 Å². The molecule has 0 spiro atoms. The first-order chi connectivity index (χ1) is 12.8. The van der Waals surface area contributed by atoms with Crippen LogP contribution in [0.2, 0.25) is 15.1 Å². The lowest BCUT2D eigenvalue weighted by atomic mass is 10.2. The van der Waals surface area contributed by atoms with Crippen LogP contribution >= 0.6 is 34.8 Å². The highest BCUT2D eigenvalue weighted by Gasteiger charge is 2.12. The number of amides is 1. The fraction of sp³-hybridized carbons (Fsp3) is 0.278. The van der Waals surface area contributed by atoms with Crippen LogP contribution in [0.5, 0.6) is 0 Å². The average Bonchev–Trinajstić information content (AvgIpc) is 3.16. The quantitative estimate of drug-likeness (QED) is 0.619. The zero-order valence-electron chi connectivity index (χ0n) is 14.8. The summed E-state index contributed by atoms with van der Waals surface area (Å²) in [4.78, 5) is 12.2. The van der Waals surface area contributed by atoms with Crippen molar-refractivity contribution in [2.75, 3.05) is 5.32 Å². The minimum atomic E-state index is -0.153. The number of anilines is 1. The molecule has 3 rings (SSSR count). The Kier molecular flexibility index (Phi) is 6.09. The zero-order chi connectivity index (χ0) is 19.6. The summed E-state index contributed by atoms with van der Waals surface area (Å²) in [7, 11) is 0. The molecule has 6 nitrogen and oxygen atoms in total. The summed E-state index contributed by atoms with van der Waals surface area (Å²) in [6.07, 6.45) is 2.03. The Labute approximate surface area is 172 Å². The second-order valence-electron chi connectivity index (χ2n) is 6.10. The molecule has 1 aromatic carbocycles. The molecule has 0 saturated heterocycles. The molecule has 0 aliphatic heterocycles. The van der Waals surface area contributed by atoms with Gasteiger partial charge in [0.2, 0.25) is 5.91 Å². The van der Waals surface area contributed by atoms with Crippen molar-refractivity contribution < 1.29 is 4.79 Å². The number of benzene rings is 1. The summed E-state index contributed by atoms with van der Waals surface area (Å²) in [6.45, 7) is 4.57. The van der Waals surface area contributed by atoms with Gasteiger partial charge in [-0.2, -0.15) is 10.2 Å². The number of rotatable bonds is 6. The number of halogens is 3. The summed E-state index contributed by atoms with van der Waals surface area (Å²) >= 11 is 18.5. The van der Waals surface area contributed by atoms with Gasteiger partial charge < -0.3 is 5.32 Å². The van der Waals surface area contributed by atoms with E-state index in [4.69, 9.17) is 34.8 Å².